The second-order valence-corrected chi connectivity index (χ2v) is 7.95. The van der Waals surface area contributed by atoms with Gasteiger partial charge in [0.05, 0.1) is 10.5 Å². The molecule has 1 unspecified atom stereocenters. The first kappa shape index (κ1) is 20.9. The van der Waals surface area contributed by atoms with E-state index < -0.39 is 28.0 Å². The van der Waals surface area contributed by atoms with Gasteiger partial charge in [0.25, 0.3) is 5.91 Å². The molecule has 0 aliphatic rings. The lowest BCUT2D eigenvalue weighted by Gasteiger charge is -2.14. The highest BCUT2D eigenvalue weighted by Crippen LogP contribution is 2.12. The highest BCUT2D eigenvalue weighted by Gasteiger charge is 2.19. The van der Waals surface area contributed by atoms with Crippen LogP contribution in [0.2, 0.25) is 5.02 Å². The molecular formula is C18H19ClN2O5S. The second kappa shape index (κ2) is 8.98. The number of halogens is 1. The van der Waals surface area contributed by atoms with E-state index in [2.05, 4.69) is 10.0 Å². The van der Waals surface area contributed by atoms with Gasteiger partial charge >= 0.3 is 5.97 Å². The molecule has 0 spiro atoms. The Bertz CT molecular complexity index is 912. The maximum Gasteiger partial charge on any atom is 0.338 e. The summed E-state index contributed by atoms with van der Waals surface area (Å²) in [5, 5.41) is 3.26. The number of rotatable bonds is 7. The van der Waals surface area contributed by atoms with Crippen LogP contribution < -0.4 is 10.0 Å². The fourth-order valence-corrected chi connectivity index (χ4v) is 2.96. The van der Waals surface area contributed by atoms with Crippen LogP contribution in [0, 0.1) is 0 Å². The molecule has 2 N–H and O–H groups in total. The largest absolute Gasteiger partial charge is 0.449 e. The number of esters is 1. The number of amides is 1. The Morgan fingerprint density at radius 2 is 1.67 bits per heavy atom. The first-order valence-electron chi connectivity index (χ1n) is 7.99. The van der Waals surface area contributed by atoms with Crippen molar-refractivity contribution in [2.75, 3.05) is 7.05 Å². The molecule has 0 aromatic heterocycles. The van der Waals surface area contributed by atoms with E-state index in [1.165, 1.54) is 38.2 Å². The van der Waals surface area contributed by atoms with Gasteiger partial charge in [0.1, 0.15) is 0 Å². The van der Waals surface area contributed by atoms with Crippen LogP contribution in [0.15, 0.2) is 53.4 Å². The van der Waals surface area contributed by atoms with Crippen LogP contribution in [0.1, 0.15) is 22.8 Å². The van der Waals surface area contributed by atoms with Gasteiger partial charge in [-0.05, 0) is 55.9 Å². The molecule has 0 fully saturated rings. The molecule has 1 atom stereocenters. The molecule has 27 heavy (non-hydrogen) atoms. The molecule has 1 amide bonds. The molecule has 144 valence electrons. The number of sulfonamides is 1. The Labute approximate surface area is 162 Å². The molecule has 0 heterocycles. The number of ether oxygens (including phenoxy) is 1. The molecule has 0 bridgehead atoms. The fraction of sp³-hybridized carbons (Fsp3) is 0.222. The summed E-state index contributed by atoms with van der Waals surface area (Å²) in [7, 11) is -2.29. The Balaban J connectivity index is 1.92. The number of benzene rings is 2. The van der Waals surface area contributed by atoms with E-state index in [-0.39, 0.29) is 17.0 Å². The smallest absolute Gasteiger partial charge is 0.338 e. The molecule has 0 radical (unpaired) electrons. The fourth-order valence-electron chi connectivity index (χ4n) is 2.11. The first-order valence-corrected chi connectivity index (χ1v) is 9.86. The molecule has 2 aromatic rings. The van der Waals surface area contributed by atoms with Crippen LogP contribution in [-0.4, -0.2) is 33.4 Å². The van der Waals surface area contributed by atoms with Gasteiger partial charge in [0, 0.05) is 11.6 Å². The third-order valence-corrected chi connectivity index (χ3v) is 5.38. The summed E-state index contributed by atoms with van der Waals surface area (Å²) in [5.74, 6) is -1.18. The molecule has 0 saturated carbocycles. The van der Waals surface area contributed by atoms with Gasteiger partial charge < -0.3 is 10.1 Å². The lowest BCUT2D eigenvalue weighted by molar-refractivity contribution is -0.129. The maximum absolute atomic E-state index is 12.1. The van der Waals surface area contributed by atoms with Gasteiger partial charge in [-0.15, -0.1) is 0 Å². The Kier molecular flexibility index (Phi) is 6.95. The second-order valence-electron chi connectivity index (χ2n) is 5.62. The summed E-state index contributed by atoms with van der Waals surface area (Å²) >= 11 is 5.80. The van der Waals surface area contributed by atoms with Crippen LogP contribution in [0.3, 0.4) is 0 Å². The van der Waals surface area contributed by atoms with Crippen molar-refractivity contribution in [3.63, 3.8) is 0 Å². The van der Waals surface area contributed by atoms with Crippen molar-refractivity contribution in [1.29, 1.82) is 0 Å². The number of carbonyl (C=O) groups is 2. The Morgan fingerprint density at radius 3 is 2.22 bits per heavy atom. The lowest BCUT2D eigenvalue weighted by Crippen LogP contribution is -2.35. The molecular weight excluding hydrogens is 392 g/mol. The average molecular weight is 411 g/mol. The monoisotopic (exact) mass is 410 g/mol. The van der Waals surface area contributed by atoms with Gasteiger partial charge in [-0.25, -0.2) is 17.9 Å². The third kappa shape index (κ3) is 5.78. The molecule has 2 rings (SSSR count). The van der Waals surface area contributed by atoms with Gasteiger partial charge in [0.2, 0.25) is 10.0 Å². The molecule has 2 aromatic carbocycles. The highest BCUT2D eigenvalue weighted by molar-refractivity contribution is 7.89. The quantitative estimate of drug-likeness (QED) is 0.681. The first-order chi connectivity index (χ1) is 12.7. The highest BCUT2D eigenvalue weighted by atomic mass is 35.5. The standard InChI is InChI=1S/C18H19ClN2O5S/c1-12(17(22)21-11-13-3-7-15(19)8-4-13)26-18(23)14-5-9-16(10-6-14)27(24,25)20-2/h3-10,12,20H,11H2,1-2H3,(H,21,22). The molecule has 0 saturated heterocycles. The number of carbonyl (C=O) groups excluding carboxylic acids is 2. The van der Waals surface area contributed by atoms with Crippen molar-refractivity contribution in [3.05, 3.63) is 64.7 Å². The zero-order chi connectivity index (χ0) is 20.0. The van der Waals surface area contributed by atoms with Gasteiger partial charge in [-0.1, -0.05) is 23.7 Å². The average Bonchev–Trinajstić information content (AvgIpc) is 2.67. The van der Waals surface area contributed by atoms with Crippen molar-refractivity contribution in [2.24, 2.45) is 0 Å². The molecule has 0 aliphatic carbocycles. The summed E-state index contributed by atoms with van der Waals surface area (Å²) < 4.78 is 30.6. The van der Waals surface area contributed by atoms with E-state index >= 15 is 0 Å². The predicted molar refractivity (Wildman–Crippen MR) is 101 cm³/mol. The van der Waals surface area contributed by atoms with Crippen molar-refractivity contribution >= 4 is 33.5 Å². The van der Waals surface area contributed by atoms with Crippen LogP contribution in [0.25, 0.3) is 0 Å². The number of nitrogens with one attached hydrogen (secondary N) is 2. The van der Waals surface area contributed by atoms with Crippen molar-refractivity contribution in [3.8, 4) is 0 Å². The minimum Gasteiger partial charge on any atom is -0.449 e. The van der Waals surface area contributed by atoms with Crippen LogP contribution in [-0.2, 0) is 26.1 Å². The number of hydrogen-bond acceptors (Lipinski definition) is 5. The molecule has 7 nitrogen and oxygen atoms in total. The van der Waals surface area contributed by atoms with Crippen molar-refractivity contribution in [1.82, 2.24) is 10.0 Å². The SMILES string of the molecule is CNS(=O)(=O)c1ccc(C(=O)OC(C)C(=O)NCc2ccc(Cl)cc2)cc1. The van der Waals surface area contributed by atoms with Crippen LogP contribution in [0.5, 0.6) is 0 Å². The van der Waals surface area contributed by atoms with Crippen molar-refractivity contribution in [2.45, 2.75) is 24.5 Å². The summed E-state index contributed by atoms with van der Waals surface area (Å²) in [6, 6.07) is 12.2. The van der Waals surface area contributed by atoms with E-state index in [4.69, 9.17) is 16.3 Å². The van der Waals surface area contributed by atoms with Gasteiger partial charge in [-0.3, -0.25) is 4.79 Å². The third-order valence-electron chi connectivity index (χ3n) is 3.70. The Morgan fingerprint density at radius 1 is 1.07 bits per heavy atom. The maximum atomic E-state index is 12.1. The van der Waals surface area contributed by atoms with E-state index in [0.29, 0.717) is 5.02 Å². The van der Waals surface area contributed by atoms with E-state index in [9.17, 15) is 18.0 Å². The summed E-state index contributed by atoms with van der Waals surface area (Å²) in [5.41, 5.74) is 0.995. The normalized spacial score (nSPS) is 12.3. The summed E-state index contributed by atoms with van der Waals surface area (Å²) in [6.45, 7) is 1.73. The minimum atomic E-state index is -3.59. The summed E-state index contributed by atoms with van der Waals surface area (Å²) in [6.07, 6.45) is -1.01. The van der Waals surface area contributed by atoms with Crippen LogP contribution >= 0.6 is 11.6 Å². The number of hydrogen-bond donors (Lipinski definition) is 2. The predicted octanol–water partition coefficient (Wildman–Crippen LogP) is 2.11. The summed E-state index contributed by atoms with van der Waals surface area (Å²) in [4.78, 5) is 24.2. The lowest BCUT2D eigenvalue weighted by atomic mass is 10.2. The Hall–Kier alpha value is -2.42. The van der Waals surface area contributed by atoms with E-state index in [1.54, 1.807) is 24.3 Å². The molecule has 0 aliphatic heterocycles. The zero-order valence-electron chi connectivity index (χ0n) is 14.7. The zero-order valence-corrected chi connectivity index (χ0v) is 16.3. The van der Waals surface area contributed by atoms with Crippen molar-refractivity contribution < 1.29 is 22.7 Å². The minimum absolute atomic E-state index is 0.0234. The van der Waals surface area contributed by atoms with Crippen LogP contribution in [0.4, 0.5) is 0 Å². The van der Waals surface area contributed by atoms with Gasteiger partial charge in [0.15, 0.2) is 6.10 Å². The topological polar surface area (TPSA) is 102 Å². The van der Waals surface area contributed by atoms with E-state index in [1.807, 2.05) is 0 Å². The van der Waals surface area contributed by atoms with Gasteiger partial charge in [-0.2, -0.15) is 0 Å². The van der Waals surface area contributed by atoms with E-state index in [0.717, 1.165) is 5.56 Å². The molecule has 9 heteroatoms.